The van der Waals surface area contributed by atoms with E-state index < -0.39 is 0 Å². The van der Waals surface area contributed by atoms with Crippen LogP contribution in [0.1, 0.15) is 11.5 Å². The maximum Gasteiger partial charge on any atom is 0.318 e. The third kappa shape index (κ3) is 3.04. The summed E-state index contributed by atoms with van der Waals surface area (Å²) in [5.41, 5.74) is 0.979. The number of anilines is 1. The Kier molecular flexibility index (Phi) is 3.88. The fourth-order valence-electron chi connectivity index (χ4n) is 1.55. The quantitative estimate of drug-likeness (QED) is 0.872. The summed E-state index contributed by atoms with van der Waals surface area (Å²) in [7, 11) is 3.66. The van der Waals surface area contributed by atoms with Gasteiger partial charge < -0.3 is 14.6 Å². The second-order valence-corrected chi connectivity index (χ2v) is 3.99. The molecule has 18 heavy (non-hydrogen) atoms. The monoisotopic (exact) mass is 250 g/mol. The molecule has 6 heteroatoms. The molecule has 1 N–H and O–H groups in total. The average Bonchev–Trinajstić information content (AvgIpc) is 2.81. The van der Waals surface area contributed by atoms with Crippen LogP contribution in [0.2, 0.25) is 0 Å². The van der Waals surface area contributed by atoms with E-state index in [1.807, 2.05) is 19.0 Å². The van der Waals surface area contributed by atoms with Crippen LogP contribution < -0.4 is 10.2 Å². The predicted octanol–water partition coefficient (Wildman–Crippen LogP) is 1.56. The molecule has 0 spiro atoms. The van der Waals surface area contributed by atoms with Gasteiger partial charge in [0.25, 0.3) is 0 Å². The summed E-state index contributed by atoms with van der Waals surface area (Å²) in [5.74, 6) is 0.300. The van der Waals surface area contributed by atoms with Crippen LogP contribution in [0, 0.1) is 5.82 Å². The predicted molar refractivity (Wildman–Crippen MR) is 65.6 cm³/mol. The zero-order valence-corrected chi connectivity index (χ0v) is 10.4. The summed E-state index contributed by atoms with van der Waals surface area (Å²) in [6, 6.07) is 6.78. The van der Waals surface area contributed by atoms with Crippen LogP contribution in [-0.4, -0.2) is 24.3 Å². The molecule has 2 aromatic rings. The van der Waals surface area contributed by atoms with E-state index in [1.165, 1.54) is 12.1 Å². The fourth-order valence-corrected chi connectivity index (χ4v) is 1.55. The van der Waals surface area contributed by atoms with Gasteiger partial charge in [-0.05, 0) is 24.7 Å². The van der Waals surface area contributed by atoms with Crippen molar-refractivity contribution in [3.05, 3.63) is 41.5 Å². The summed E-state index contributed by atoms with van der Waals surface area (Å²) in [4.78, 5) is 1.82. The lowest BCUT2D eigenvalue weighted by atomic mass is 10.2. The lowest BCUT2D eigenvalue weighted by molar-refractivity contribution is 0.475. The first-order valence-electron chi connectivity index (χ1n) is 5.61. The van der Waals surface area contributed by atoms with Crippen molar-refractivity contribution >= 4 is 6.01 Å². The van der Waals surface area contributed by atoms with Crippen molar-refractivity contribution in [3.63, 3.8) is 0 Å². The number of hydrogen-bond donors (Lipinski definition) is 1. The Morgan fingerprint density at radius 2 is 2.00 bits per heavy atom. The molecule has 5 nitrogen and oxygen atoms in total. The van der Waals surface area contributed by atoms with Gasteiger partial charge in [0.2, 0.25) is 5.89 Å². The van der Waals surface area contributed by atoms with Crippen LogP contribution in [0.5, 0.6) is 0 Å². The summed E-state index contributed by atoms with van der Waals surface area (Å²) >= 11 is 0. The highest BCUT2D eigenvalue weighted by Crippen LogP contribution is 2.14. The molecule has 96 valence electrons. The van der Waals surface area contributed by atoms with Crippen LogP contribution in [0.15, 0.2) is 28.7 Å². The molecule has 0 atom stereocenters. The first-order valence-corrected chi connectivity index (χ1v) is 5.61. The summed E-state index contributed by atoms with van der Waals surface area (Å²) in [6.45, 7) is 1.12. The van der Waals surface area contributed by atoms with Crippen LogP contribution in [0.25, 0.3) is 0 Å². The minimum absolute atomic E-state index is 0.240. The normalized spacial score (nSPS) is 10.6. The Morgan fingerprint density at radius 3 is 2.67 bits per heavy atom. The maximum atomic E-state index is 12.8. The van der Waals surface area contributed by atoms with Gasteiger partial charge in [-0.3, -0.25) is 0 Å². The van der Waals surface area contributed by atoms with Gasteiger partial charge in [-0.25, -0.2) is 4.39 Å². The van der Waals surface area contributed by atoms with E-state index in [-0.39, 0.29) is 5.82 Å². The van der Waals surface area contributed by atoms with Crippen molar-refractivity contribution in [1.29, 1.82) is 0 Å². The molecule has 0 aliphatic heterocycles. The SMILES string of the molecule is CNCc1nnc(N(C)Cc2ccc(F)cc2)o1. The van der Waals surface area contributed by atoms with Gasteiger partial charge in [-0.2, -0.15) is 0 Å². The first-order chi connectivity index (χ1) is 8.69. The largest absolute Gasteiger partial charge is 0.407 e. The summed E-state index contributed by atoms with van der Waals surface area (Å²) in [6.07, 6.45) is 0. The van der Waals surface area contributed by atoms with Crippen molar-refractivity contribution in [2.24, 2.45) is 0 Å². The number of nitrogens with one attached hydrogen (secondary N) is 1. The average molecular weight is 250 g/mol. The molecule has 1 aromatic heterocycles. The van der Waals surface area contributed by atoms with Gasteiger partial charge >= 0.3 is 6.01 Å². The second kappa shape index (κ2) is 5.59. The van der Waals surface area contributed by atoms with Crippen LogP contribution in [-0.2, 0) is 13.1 Å². The molecule has 1 heterocycles. The molecule has 0 aliphatic rings. The van der Waals surface area contributed by atoms with E-state index >= 15 is 0 Å². The highest BCUT2D eigenvalue weighted by Gasteiger charge is 2.10. The van der Waals surface area contributed by atoms with E-state index in [4.69, 9.17) is 4.42 Å². The summed E-state index contributed by atoms with van der Waals surface area (Å²) < 4.78 is 18.2. The van der Waals surface area contributed by atoms with Crippen LogP contribution in [0.3, 0.4) is 0 Å². The van der Waals surface area contributed by atoms with Crippen LogP contribution in [0.4, 0.5) is 10.4 Å². The van der Waals surface area contributed by atoms with Gasteiger partial charge in [0.05, 0.1) is 6.54 Å². The molecule has 0 radical (unpaired) electrons. The topological polar surface area (TPSA) is 54.2 Å². The standard InChI is InChI=1S/C12H15FN4O/c1-14-7-11-15-16-12(18-11)17(2)8-9-3-5-10(13)6-4-9/h3-6,14H,7-8H2,1-2H3. The first kappa shape index (κ1) is 12.5. The molecule has 1 aromatic carbocycles. The highest BCUT2D eigenvalue weighted by molar-refractivity contribution is 5.27. The fraction of sp³-hybridized carbons (Fsp3) is 0.333. The maximum absolute atomic E-state index is 12.8. The molecule has 0 saturated heterocycles. The van der Waals surface area contributed by atoms with E-state index in [9.17, 15) is 4.39 Å². The number of benzene rings is 1. The van der Waals surface area contributed by atoms with Crippen molar-refractivity contribution in [2.75, 3.05) is 19.0 Å². The van der Waals surface area contributed by atoms with E-state index in [2.05, 4.69) is 15.5 Å². The number of nitrogens with zero attached hydrogens (tertiary/aromatic N) is 3. The number of aromatic nitrogens is 2. The summed E-state index contributed by atoms with van der Waals surface area (Å²) in [5, 5.41) is 10.8. The van der Waals surface area contributed by atoms with E-state index in [0.29, 0.717) is 25.0 Å². The smallest absolute Gasteiger partial charge is 0.318 e. The van der Waals surface area contributed by atoms with E-state index in [0.717, 1.165) is 5.56 Å². The number of rotatable bonds is 5. The lowest BCUT2D eigenvalue weighted by Crippen LogP contribution is -2.16. The Hall–Kier alpha value is -1.95. The molecular weight excluding hydrogens is 235 g/mol. The lowest BCUT2D eigenvalue weighted by Gasteiger charge is -2.13. The zero-order valence-electron chi connectivity index (χ0n) is 10.4. The minimum atomic E-state index is -0.240. The van der Waals surface area contributed by atoms with Crippen molar-refractivity contribution in [2.45, 2.75) is 13.1 Å². The Labute approximate surface area is 105 Å². The molecule has 0 bridgehead atoms. The molecule has 0 unspecified atom stereocenters. The minimum Gasteiger partial charge on any atom is -0.407 e. The van der Waals surface area contributed by atoms with Crippen molar-refractivity contribution < 1.29 is 8.81 Å². The molecule has 0 aliphatic carbocycles. The third-order valence-corrected chi connectivity index (χ3v) is 2.44. The number of halogens is 1. The van der Waals surface area contributed by atoms with E-state index in [1.54, 1.807) is 12.1 Å². The van der Waals surface area contributed by atoms with Crippen molar-refractivity contribution in [1.82, 2.24) is 15.5 Å². The van der Waals surface area contributed by atoms with Gasteiger partial charge in [-0.1, -0.05) is 17.2 Å². The second-order valence-electron chi connectivity index (χ2n) is 3.99. The number of hydrogen-bond acceptors (Lipinski definition) is 5. The Balaban J connectivity index is 2.02. The Morgan fingerprint density at radius 1 is 1.28 bits per heavy atom. The van der Waals surface area contributed by atoms with Gasteiger partial charge in [0.1, 0.15) is 5.82 Å². The molecule has 2 rings (SSSR count). The third-order valence-electron chi connectivity index (χ3n) is 2.44. The van der Waals surface area contributed by atoms with Crippen LogP contribution >= 0.6 is 0 Å². The molecule has 0 saturated carbocycles. The Bertz CT molecular complexity index is 497. The molecular formula is C12H15FN4O. The highest BCUT2D eigenvalue weighted by atomic mass is 19.1. The zero-order chi connectivity index (χ0) is 13.0. The van der Waals surface area contributed by atoms with Gasteiger partial charge in [0.15, 0.2) is 0 Å². The van der Waals surface area contributed by atoms with Gasteiger partial charge in [-0.15, -0.1) is 5.10 Å². The molecule has 0 fully saturated rings. The van der Waals surface area contributed by atoms with Crippen molar-refractivity contribution in [3.8, 4) is 0 Å². The van der Waals surface area contributed by atoms with Gasteiger partial charge in [0, 0.05) is 13.6 Å². The molecule has 0 amide bonds.